The fraction of sp³-hybridized carbons (Fsp3) is 0. The second kappa shape index (κ2) is 13.3. The van der Waals surface area contributed by atoms with Gasteiger partial charge in [-0.2, -0.15) is 0 Å². The summed E-state index contributed by atoms with van der Waals surface area (Å²) in [5.41, 5.74) is 11.1. The van der Waals surface area contributed by atoms with E-state index in [1.165, 1.54) is 31.3 Å². The Balaban J connectivity index is 1.14. The van der Waals surface area contributed by atoms with E-state index in [-0.39, 0.29) is 0 Å². The van der Waals surface area contributed by atoms with E-state index in [4.69, 9.17) is 19.4 Å². The molecule has 0 bridgehead atoms. The molecule has 0 unspecified atom stereocenters. The second-order valence-corrected chi connectivity index (χ2v) is 15.1. The molecule has 0 aliphatic rings. The van der Waals surface area contributed by atoms with Gasteiger partial charge in [-0.3, -0.25) is 0 Å². The van der Waals surface area contributed by atoms with Crippen LogP contribution in [0.25, 0.3) is 110 Å². The van der Waals surface area contributed by atoms with E-state index in [0.29, 0.717) is 17.5 Å². The third-order valence-corrected chi connectivity index (χ3v) is 11.6. The Morgan fingerprint density at radius 3 is 1.64 bits per heavy atom. The van der Waals surface area contributed by atoms with Gasteiger partial charge in [-0.05, 0) is 75.8 Å². The summed E-state index contributed by atoms with van der Waals surface area (Å²) in [4.78, 5) is 15.8. The lowest BCUT2D eigenvalue weighted by Gasteiger charge is -2.12. The number of hydrogen-bond donors (Lipinski definition) is 0. The van der Waals surface area contributed by atoms with Crippen molar-refractivity contribution in [1.82, 2.24) is 15.0 Å². The zero-order chi connectivity index (χ0) is 37.0. The molecule has 0 N–H and O–H groups in total. The minimum absolute atomic E-state index is 0.559. The molecule has 0 saturated heterocycles. The van der Waals surface area contributed by atoms with Gasteiger partial charge in [-0.1, -0.05) is 146 Å². The van der Waals surface area contributed by atoms with Crippen LogP contribution in [-0.4, -0.2) is 15.0 Å². The standard InChI is InChI=1S/C51H31N3OS/c1-4-14-32(15-5-1)36-28-37(33-16-6-2-7-17-33)30-38(29-36)50-52-49(53-51(54-50)43-23-12-22-41-40-20-10-11-24-44(40)55-48(41)43)35-26-27-42-46(31-35)56-45-25-13-21-39(47(42)45)34-18-8-3-9-19-34/h1-31H. The van der Waals surface area contributed by atoms with Gasteiger partial charge < -0.3 is 4.42 Å². The Kier molecular flexibility index (Phi) is 7.64. The lowest BCUT2D eigenvalue weighted by molar-refractivity contribution is 0.669. The van der Waals surface area contributed by atoms with Crippen molar-refractivity contribution in [2.24, 2.45) is 0 Å². The molecule has 0 atom stereocenters. The fourth-order valence-corrected chi connectivity index (χ4v) is 9.02. The number of thiophene rings is 1. The first-order valence-electron chi connectivity index (χ1n) is 18.7. The zero-order valence-electron chi connectivity index (χ0n) is 30.1. The van der Waals surface area contributed by atoms with Crippen LogP contribution in [0.1, 0.15) is 0 Å². The van der Waals surface area contributed by atoms with Crippen LogP contribution in [0.4, 0.5) is 0 Å². The molecule has 262 valence electrons. The average Bonchev–Trinajstić information content (AvgIpc) is 3.85. The van der Waals surface area contributed by atoms with Gasteiger partial charge in [-0.25, -0.2) is 15.0 Å². The van der Waals surface area contributed by atoms with E-state index in [1.807, 2.05) is 36.4 Å². The van der Waals surface area contributed by atoms with Crippen LogP contribution in [0.2, 0.25) is 0 Å². The van der Waals surface area contributed by atoms with Crippen molar-refractivity contribution in [3.05, 3.63) is 188 Å². The fourth-order valence-electron chi connectivity index (χ4n) is 7.85. The summed E-state index contributed by atoms with van der Waals surface area (Å²) in [6, 6.07) is 65.7. The molecule has 0 fully saturated rings. The quantitative estimate of drug-likeness (QED) is 0.171. The third kappa shape index (κ3) is 5.56. The van der Waals surface area contributed by atoms with Crippen LogP contribution in [0.15, 0.2) is 192 Å². The van der Waals surface area contributed by atoms with Gasteiger partial charge in [0.25, 0.3) is 0 Å². The summed E-state index contributed by atoms with van der Waals surface area (Å²) in [5.74, 6) is 1.76. The number of benzene rings is 8. The molecule has 0 aliphatic carbocycles. The number of fused-ring (bicyclic) bond motifs is 6. The number of nitrogens with zero attached hydrogens (tertiary/aromatic N) is 3. The first-order valence-corrected chi connectivity index (χ1v) is 19.5. The zero-order valence-corrected chi connectivity index (χ0v) is 30.9. The molecule has 0 radical (unpaired) electrons. The van der Waals surface area contributed by atoms with Crippen molar-refractivity contribution in [2.45, 2.75) is 0 Å². The van der Waals surface area contributed by atoms with Crippen LogP contribution in [-0.2, 0) is 0 Å². The maximum atomic E-state index is 6.52. The van der Waals surface area contributed by atoms with Crippen LogP contribution < -0.4 is 0 Å². The summed E-state index contributed by atoms with van der Waals surface area (Å²) < 4.78 is 8.95. The van der Waals surface area contributed by atoms with Crippen molar-refractivity contribution in [3.63, 3.8) is 0 Å². The molecule has 0 saturated carbocycles. The lowest BCUT2D eigenvalue weighted by atomic mass is 9.96. The van der Waals surface area contributed by atoms with Gasteiger partial charge in [0, 0.05) is 42.1 Å². The summed E-state index contributed by atoms with van der Waals surface area (Å²) in [7, 11) is 0. The molecule has 3 aromatic heterocycles. The average molecular weight is 734 g/mol. The van der Waals surface area contributed by atoms with Gasteiger partial charge in [0.1, 0.15) is 11.2 Å². The molecule has 3 heterocycles. The topological polar surface area (TPSA) is 51.8 Å². The van der Waals surface area contributed by atoms with Gasteiger partial charge in [-0.15, -0.1) is 11.3 Å². The van der Waals surface area contributed by atoms with Gasteiger partial charge in [0.15, 0.2) is 17.5 Å². The molecular weight excluding hydrogens is 703 g/mol. The number of hydrogen-bond acceptors (Lipinski definition) is 5. The van der Waals surface area contributed by atoms with Gasteiger partial charge in [0.05, 0.1) is 5.56 Å². The number of aromatic nitrogens is 3. The molecular formula is C51H31N3OS. The highest BCUT2D eigenvalue weighted by atomic mass is 32.1. The van der Waals surface area contributed by atoms with E-state index in [1.54, 1.807) is 11.3 Å². The van der Waals surface area contributed by atoms with Gasteiger partial charge in [0.2, 0.25) is 0 Å². The molecule has 0 spiro atoms. The summed E-state index contributed by atoms with van der Waals surface area (Å²) in [5, 5.41) is 4.58. The van der Waals surface area contributed by atoms with Crippen LogP contribution >= 0.6 is 11.3 Å². The molecule has 11 aromatic rings. The van der Waals surface area contributed by atoms with E-state index >= 15 is 0 Å². The molecule has 4 nitrogen and oxygen atoms in total. The summed E-state index contributed by atoms with van der Waals surface area (Å²) in [6.07, 6.45) is 0. The molecule has 8 aromatic carbocycles. The predicted octanol–water partition coefficient (Wildman–Crippen LogP) is 14.1. The Morgan fingerprint density at radius 1 is 0.339 bits per heavy atom. The minimum atomic E-state index is 0.559. The van der Waals surface area contributed by atoms with Crippen LogP contribution in [0.5, 0.6) is 0 Å². The highest BCUT2D eigenvalue weighted by Crippen LogP contribution is 2.42. The van der Waals surface area contributed by atoms with E-state index < -0.39 is 0 Å². The first-order chi connectivity index (χ1) is 27.7. The largest absolute Gasteiger partial charge is 0.455 e. The second-order valence-electron chi connectivity index (χ2n) is 14.0. The Hall–Kier alpha value is -7.21. The summed E-state index contributed by atoms with van der Waals surface area (Å²) in [6.45, 7) is 0. The van der Waals surface area contributed by atoms with E-state index in [0.717, 1.165) is 60.9 Å². The first kappa shape index (κ1) is 32.2. The van der Waals surface area contributed by atoms with Gasteiger partial charge >= 0.3 is 0 Å². The van der Waals surface area contributed by atoms with Crippen molar-refractivity contribution >= 4 is 53.4 Å². The normalized spacial score (nSPS) is 11.6. The lowest BCUT2D eigenvalue weighted by Crippen LogP contribution is -2.01. The Labute approximate surface area is 327 Å². The highest BCUT2D eigenvalue weighted by Gasteiger charge is 2.20. The number of rotatable bonds is 6. The minimum Gasteiger partial charge on any atom is -0.455 e. The third-order valence-electron chi connectivity index (χ3n) is 10.5. The summed E-state index contributed by atoms with van der Waals surface area (Å²) >= 11 is 1.80. The van der Waals surface area contributed by atoms with Crippen molar-refractivity contribution < 1.29 is 4.42 Å². The van der Waals surface area contributed by atoms with Crippen molar-refractivity contribution in [3.8, 4) is 67.5 Å². The maximum Gasteiger partial charge on any atom is 0.167 e. The Morgan fingerprint density at radius 2 is 0.911 bits per heavy atom. The number of para-hydroxylation sites is 2. The molecule has 5 heteroatoms. The molecule has 56 heavy (non-hydrogen) atoms. The van der Waals surface area contributed by atoms with E-state index in [9.17, 15) is 0 Å². The van der Waals surface area contributed by atoms with E-state index in [2.05, 4.69) is 152 Å². The molecule has 11 rings (SSSR count). The maximum absolute atomic E-state index is 6.52. The monoisotopic (exact) mass is 733 g/mol. The SMILES string of the molecule is c1ccc(-c2cc(-c3ccccc3)cc(-c3nc(-c4ccc5c(c4)sc4cccc(-c6ccccc6)c45)nc(-c4cccc5c4oc4ccccc45)n3)c2)cc1. The van der Waals surface area contributed by atoms with Crippen molar-refractivity contribution in [1.29, 1.82) is 0 Å². The molecule has 0 aliphatic heterocycles. The molecule has 0 amide bonds. The van der Waals surface area contributed by atoms with Crippen LogP contribution in [0.3, 0.4) is 0 Å². The van der Waals surface area contributed by atoms with Crippen molar-refractivity contribution in [2.75, 3.05) is 0 Å². The number of furan rings is 1. The highest BCUT2D eigenvalue weighted by molar-refractivity contribution is 7.26. The predicted molar refractivity (Wildman–Crippen MR) is 233 cm³/mol. The van der Waals surface area contributed by atoms with Crippen LogP contribution in [0, 0.1) is 0 Å². The smallest absolute Gasteiger partial charge is 0.167 e. The Bertz CT molecular complexity index is 3180.